The fourth-order valence-electron chi connectivity index (χ4n) is 2.02. The molecule has 1 N–H and O–H groups in total. The Morgan fingerprint density at radius 3 is 2.71 bits per heavy atom. The molecule has 5 nitrogen and oxygen atoms in total. The molecule has 0 saturated heterocycles. The van der Waals surface area contributed by atoms with Crippen molar-refractivity contribution in [2.75, 3.05) is 33.9 Å². The van der Waals surface area contributed by atoms with Gasteiger partial charge in [-0.3, -0.25) is 0 Å². The maximum atomic E-state index is 12.5. The molecule has 0 fully saturated rings. The minimum Gasteiger partial charge on any atom is -0.383 e. The van der Waals surface area contributed by atoms with Gasteiger partial charge in [-0.1, -0.05) is 30.3 Å². The minimum atomic E-state index is -3.38. The molecule has 1 aromatic carbocycles. The standard InChI is InChI=1S/C15H24N2O3S/c1-4-8-17(9-10-20-3)21(18,19)13-15-7-5-6-14(11-15)12-16-2/h4-7,11,16H,1,8-10,12-13H2,2-3H3. The van der Waals surface area contributed by atoms with E-state index in [-0.39, 0.29) is 5.75 Å². The number of rotatable bonds is 10. The molecule has 0 atom stereocenters. The van der Waals surface area contributed by atoms with Crippen molar-refractivity contribution in [2.24, 2.45) is 0 Å². The Morgan fingerprint density at radius 1 is 1.38 bits per heavy atom. The topological polar surface area (TPSA) is 58.6 Å². The Hall–Kier alpha value is -1.21. The Kier molecular flexibility index (Phi) is 7.60. The van der Waals surface area contributed by atoms with Gasteiger partial charge in [0, 0.05) is 26.7 Å². The molecular weight excluding hydrogens is 288 g/mol. The van der Waals surface area contributed by atoms with Gasteiger partial charge in [0.25, 0.3) is 0 Å². The molecule has 0 unspecified atom stereocenters. The van der Waals surface area contributed by atoms with Gasteiger partial charge >= 0.3 is 0 Å². The lowest BCUT2D eigenvalue weighted by Gasteiger charge is -2.20. The summed E-state index contributed by atoms with van der Waals surface area (Å²) in [5, 5.41) is 3.06. The van der Waals surface area contributed by atoms with E-state index in [4.69, 9.17) is 4.74 Å². The second-order valence-electron chi connectivity index (χ2n) is 4.75. The quantitative estimate of drug-likeness (QED) is 0.663. The van der Waals surface area contributed by atoms with E-state index in [2.05, 4.69) is 11.9 Å². The summed E-state index contributed by atoms with van der Waals surface area (Å²) in [4.78, 5) is 0. The molecule has 0 radical (unpaired) electrons. The number of hydrogen-bond acceptors (Lipinski definition) is 4. The van der Waals surface area contributed by atoms with Crippen molar-refractivity contribution in [2.45, 2.75) is 12.3 Å². The van der Waals surface area contributed by atoms with Gasteiger partial charge in [-0.25, -0.2) is 8.42 Å². The average molecular weight is 312 g/mol. The van der Waals surface area contributed by atoms with Crippen LogP contribution < -0.4 is 5.32 Å². The Balaban J connectivity index is 2.85. The second-order valence-corrected chi connectivity index (χ2v) is 6.71. The molecule has 6 heteroatoms. The van der Waals surface area contributed by atoms with Crippen LogP contribution in [-0.2, 0) is 27.1 Å². The summed E-state index contributed by atoms with van der Waals surface area (Å²) >= 11 is 0. The van der Waals surface area contributed by atoms with E-state index in [0.29, 0.717) is 26.2 Å². The lowest BCUT2D eigenvalue weighted by Crippen LogP contribution is -2.35. The number of nitrogens with zero attached hydrogens (tertiary/aromatic N) is 1. The summed E-state index contributed by atoms with van der Waals surface area (Å²) in [5.41, 5.74) is 1.85. The fraction of sp³-hybridized carbons (Fsp3) is 0.467. The molecule has 21 heavy (non-hydrogen) atoms. The number of methoxy groups -OCH3 is 1. The van der Waals surface area contributed by atoms with Crippen molar-refractivity contribution >= 4 is 10.0 Å². The van der Waals surface area contributed by atoms with Crippen molar-refractivity contribution in [3.8, 4) is 0 Å². The van der Waals surface area contributed by atoms with Crippen LogP contribution in [0.25, 0.3) is 0 Å². The number of ether oxygens (including phenoxy) is 1. The second kappa shape index (κ2) is 8.94. The maximum absolute atomic E-state index is 12.5. The van der Waals surface area contributed by atoms with Gasteiger partial charge < -0.3 is 10.1 Å². The lowest BCUT2D eigenvalue weighted by molar-refractivity contribution is 0.182. The molecule has 0 aliphatic rings. The van der Waals surface area contributed by atoms with Gasteiger partial charge in [0.1, 0.15) is 0 Å². The molecule has 0 amide bonds. The first-order valence-electron chi connectivity index (χ1n) is 6.83. The monoisotopic (exact) mass is 312 g/mol. The van der Waals surface area contributed by atoms with Gasteiger partial charge in [-0.2, -0.15) is 4.31 Å². The number of sulfonamides is 1. The summed E-state index contributed by atoms with van der Waals surface area (Å²) in [6, 6.07) is 7.60. The van der Waals surface area contributed by atoms with Crippen molar-refractivity contribution in [3.63, 3.8) is 0 Å². The van der Waals surface area contributed by atoms with E-state index in [1.807, 2.05) is 31.3 Å². The fourth-order valence-corrected chi connectivity index (χ4v) is 3.49. The molecule has 0 bridgehead atoms. The van der Waals surface area contributed by atoms with Crippen molar-refractivity contribution in [3.05, 3.63) is 48.0 Å². The maximum Gasteiger partial charge on any atom is 0.218 e. The van der Waals surface area contributed by atoms with Crippen LogP contribution in [0.15, 0.2) is 36.9 Å². The van der Waals surface area contributed by atoms with Gasteiger partial charge in [0.05, 0.1) is 12.4 Å². The molecule has 118 valence electrons. The highest BCUT2D eigenvalue weighted by Gasteiger charge is 2.21. The highest BCUT2D eigenvalue weighted by molar-refractivity contribution is 7.88. The van der Waals surface area contributed by atoms with Gasteiger partial charge in [0.15, 0.2) is 0 Å². The number of nitrogens with one attached hydrogen (secondary N) is 1. The highest BCUT2D eigenvalue weighted by Crippen LogP contribution is 2.13. The summed E-state index contributed by atoms with van der Waals surface area (Å²) in [5.74, 6) is -0.0118. The molecule has 0 aliphatic carbocycles. The van der Waals surface area contributed by atoms with E-state index in [9.17, 15) is 8.42 Å². The minimum absolute atomic E-state index is 0.0118. The zero-order valence-corrected chi connectivity index (χ0v) is 13.5. The summed E-state index contributed by atoms with van der Waals surface area (Å²) < 4.78 is 31.3. The molecular formula is C15H24N2O3S. The Bertz CT molecular complexity index is 544. The third-order valence-corrected chi connectivity index (χ3v) is 4.81. The van der Waals surface area contributed by atoms with Crippen LogP contribution in [-0.4, -0.2) is 46.6 Å². The van der Waals surface area contributed by atoms with Gasteiger partial charge in [0.2, 0.25) is 10.0 Å². The average Bonchev–Trinajstić information content (AvgIpc) is 2.43. The van der Waals surface area contributed by atoms with Crippen LogP contribution in [0.1, 0.15) is 11.1 Å². The largest absolute Gasteiger partial charge is 0.383 e. The molecule has 1 rings (SSSR count). The zero-order valence-electron chi connectivity index (χ0n) is 12.7. The lowest BCUT2D eigenvalue weighted by atomic mass is 10.1. The van der Waals surface area contributed by atoms with Crippen molar-refractivity contribution < 1.29 is 13.2 Å². The predicted molar refractivity (Wildman–Crippen MR) is 85.5 cm³/mol. The molecule has 0 spiro atoms. The first-order chi connectivity index (χ1) is 10.0. The predicted octanol–water partition coefficient (Wildman–Crippen LogP) is 1.37. The third kappa shape index (κ3) is 5.97. The van der Waals surface area contributed by atoms with E-state index < -0.39 is 10.0 Å². The van der Waals surface area contributed by atoms with Crippen LogP contribution in [0.5, 0.6) is 0 Å². The molecule has 0 aliphatic heterocycles. The zero-order chi connectivity index (χ0) is 15.7. The molecule has 0 saturated carbocycles. The Labute approximate surface area is 127 Å². The van der Waals surface area contributed by atoms with Gasteiger partial charge in [-0.05, 0) is 18.2 Å². The van der Waals surface area contributed by atoms with Crippen LogP contribution in [0.4, 0.5) is 0 Å². The molecule has 0 aromatic heterocycles. The van der Waals surface area contributed by atoms with Crippen LogP contribution in [0, 0.1) is 0 Å². The Morgan fingerprint density at radius 2 is 2.10 bits per heavy atom. The first kappa shape index (κ1) is 17.8. The van der Waals surface area contributed by atoms with Gasteiger partial charge in [-0.15, -0.1) is 6.58 Å². The summed E-state index contributed by atoms with van der Waals surface area (Å²) in [6.07, 6.45) is 1.59. The van der Waals surface area contributed by atoms with Crippen LogP contribution in [0.3, 0.4) is 0 Å². The number of benzene rings is 1. The van der Waals surface area contributed by atoms with E-state index in [0.717, 1.165) is 11.1 Å². The highest BCUT2D eigenvalue weighted by atomic mass is 32.2. The molecule has 0 heterocycles. The van der Waals surface area contributed by atoms with E-state index in [1.54, 1.807) is 13.2 Å². The SMILES string of the molecule is C=CCN(CCOC)S(=O)(=O)Cc1cccc(CNC)c1. The van der Waals surface area contributed by atoms with Crippen LogP contribution in [0.2, 0.25) is 0 Å². The third-order valence-electron chi connectivity index (χ3n) is 2.99. The van der Waals surface area contributed by atoms with Crippen molar-refractivity contribution in [1.29, 1.82) is 0 Å². The normalized spacial score (nSPS) is 11.8. The van der Waals surface area contributed by atoms with Crippen LogP contribution >= 0.6 is 0 Å². The van der Waals surface area contributed by atoms with E-state index in [1.165, 1.54) is 4.31 Å². The smallest absolute Gasteiger partial charge is 0.218 e. The van der Waals surface area contributed by atoms with E-state index >= 15 is 0 Å². The number of hydrogen-bond donors (Lipinski definition) is 1. The summed E-state index contributed by atoms with van der Waals surface area (Å²) in [6.45, 7) is 5.32. The summed E-state index contributed by atoms with van der Waals surface area (Å²) in [7, 11) is 0.0367. The molecule has 1 aromatic rings. The first-order valence-corrected chi connectivity index (χ1v) is 8.44. The van der Waals surface area contributed by atoms with Crippen molar-refractivity contribution in [1.82, 2.24) is 9.62 Å².